The van der Waals surface area contributed by atoms with Crippen LogP contribution in [-0.2, 0) is 4.79 Å². The topological polar surface area (TPSA) is 55.6 Å². The number of aryl methyl sites for hydroxylation is 2. The lowest BCUT2D eigenvalue weighted by Gasteiger charge is -2.30. The molecule has 0 saturated carbocycles. The van der Waals surface area contributed by atoms with Crippen molar-refractivity contribution in [2.75, 3.05) is 19.7 Å². The minimum atomic E-state index is 0.158. The molecule has 0 aliphatic carbocycles. The summed E-state index contributed by atoms with van der Waals surface area (Å²) in [7, 11) is 0. The van der Waals surface area contributed by atoms with Crippen molar-refractivity contribution < 1.29 is 9.53 Å². The Morgan fingerprint density at radius 1 is 1.36 bits per heavy atom. The summed E-state index contributed by atoms with van der Waals surface area (Å²) >= 11 is 0. The van der Waals surface area contributed by atoms with Crippen LogP contribution in [0.15, 0.2) is 18.2 Å². The fraction of sp³-hybridized carbons (Fsp3) is 0.611. The molecule has 1 heterocycles. The van der Waals surface area contributed by atoms with E-state index < -0.39 is 0 Å². The molecule has 1 aliphatic rings. The van der Waals surface area contributed by atoms with Crippen molar-refractivity contribution in [3.8, 4) is 5.75 Å². The number of unbranched alkanes of at least 4 members (excludes halogenated alkanes) is 1. The highest BCUT2D eigenvalue weighted by molar-refractivity contribution is 5.76. The highest BCUT2D eigenvalue weighted by atomic mass is 16.5. The fourth-order valence-electron chi connectivity index (χ4n) is 2.82. The molecule has 1 aromatic rings. The number of ether oxygens (including phenoxy) is 1. The first kappa shape index (κ1) is 16.8. The first-order chi connectivity index (χ1) is 10.6. The summed E-state index contributed by atoms with van der Waals surface area (Å²) in [5.74, 6) is 1.19. The van der Waals surface area contributed by atoms with E-state index in [2.05, 4.69) is 32.0 Å². The summed E-state index contributed by atoms with van der Waals surface area (Å²) in [5, 5.41) is 0. The Bertz CT molecular complexity index is 502. The van der Waals surface area contributed by atoms with Gasteiger partial charge in [-0.15, -0.1) is 0 Å². The van der Waals surface area contributed by atoms with Gasteiger partial charge in [-0.1, -0.05) is 12.1 Å². The molecule has 1 aromatic carbocycles. The number of nitrogens with zero attached hydrogens (tertiary/aromatic N) is 1. The number of likely N-dealkylation sites (tertiary alicyclic amines) is 1. The standard InChI is InChI=1S/C18H28N2O2/c1-14-8-9-15(2)17(12-14)22-11-4-3-7-18(21)20-10-5-6-16(19)13-20/h8-9,12,16H,3-7,10-11,13,19H2,1-2H3. The fourth-order valence-corrected chi connectivity index (χ4v) is 2.82. The largest absolute Gasteiger partial charge is 0.493 e. The smallest absolute Gasteiger partial charge is 0.222 e. The van der Waals surface area contributed by atoms with Crippen LogP contribution in [0.25, 0.3) is 0 Å². The van der Waals surface area contributed by atoms with Crippen LogP contribution in [0.1, 0.15) is 43.2 Å². The van der Waals surface area contributed by atoms with Gasteiger partial charge in [0.15, 0.2) is 0 Å². The van der Waals surface area contributed by atoms with Crippen LogP contribution < -0.4 is 10.5 Å². The average Bonchev–Trinajstić information content (AvgIpc) is 2.50. The van der Waals surface area contributed by atoms with Gasteiger partial charge in [0.2, 0.25) is 5.91 Å². The summed E-state index contributed by atoms with van der Waals surface area (Å²) in [6.07, 6.45) is 4.44. The van der Waals surface area contributed by atoms with E-state index in [0.29, 0.717) is 13.0 Å². The summed E-state index contributed by atoms with van der Waals surface area (Å²) in [5.41, 5.74) is 8.28. The van der Waals surface area contributed by atoms with Crippen molar-refractivity contribution in [2.45, 2.75) is 52.0 Å². The molecule has 0 radical (unpaired) electrons. The zero-order valence-corrected chi connectivity index (χ0v) is 13.8. The second-order valence-corrected chi connectivity index (χ2v) is 6.32. The van der Waals surface area contributed by atoms with Gasteiger partial charge in [-0.05, 0) is 56.7 Å². The van der Waals surface area contributed by atoms with Gasteiger partial charge in [0.1, 0.15) is 5.75 Å². The lowest BCUT2D eigenvalue weighted by molar-refractivity contribution is -0.132. The van der Waals surface area contributed by atoms with Gasteiger partial charge in [-0.3, -0.25) is 4.79 Å². The highest BCUT2D eigenvalue weighted by Gasteiger charge is 2.20. The zero-order chi connectivity index (χ0) is 15.9. The highest BCUT2D eigenvalue weighted by Crippen LogP contribution is 2.19. The molecule has 122 valence electrons. The molecule has 0 bridgehead atoms. The van der Waals surface area contributed by atoms with E-state index in [9.17, 15) is 4.79 Å². The number of piperidine rings is 1. The SMILES string of the molecule is Cc1ccc(C)c(OCCCCC(=O)N2CCCC(N)C2)c1. The van der Waals surface area contributed by atoms with E-state index in [1.165, 1.54) is 5.56 Å². The van der Waals surface area contributed by atoms with E-state index >= 15 is 0 Å². The van der Waals surface area contributed by atoms with Crippen molar-refractivity contribution in [1.82, 2.24) is 4.90 Å². The summed E-state index contributed by atoms with van der Waals surface area (Å²) in [4.78, 5) is 14.0. The Kier molecular flexibility index (Phi) is 6.25. The third-order valence-corrected chi connectivity index (χ3v) is 4.20. The third kappa shape index (κ3) is 5.02. The van der Waals surface area contributed by atoms with Crippen LogP contribution in [0.4, 0.5) is 0 Å². The zero-order valence-electron chi connectivity index (χ0n) is 13.8. The lowest BCUT2D eigenvalue weighted by Crippen LogP contribution is -2.45. The Labute approximate surface area is 133 Å². The minimum absolute atomic E-state index is 0.158. The van der Waals surface area contributed by atoms with E-state index in [1.807, 2.05) is 4.90 Å². The minimum Gasteiger partial charge on any atom is -0.493 e. The maximum Gasteiger partial charge on any atom is 0.222 e. The van der Waals surface area contributed by atoms with Gasteiger partial charge in [0, 0.05) is 25.6 Å². The molecule has 0 spiro atoms. The van der Waals surface area contributed by atoms with Crippen LogP contribution in [0.3, 0.4) is 0 Å². The predicted octanol–water partition coefficient (Wildman–Crippen LogP) is 2.80. The number of hydrogen-bond acceptors (Lipinski definition) is 3. The molecule has 1 saturated heterocycles. The normalized spacial score (nSPS) is 18.3. The molecule has 4 heteroatoms. The van der Waals surface area contributed by atoms with Crippen molar-refractivity contribution >= 4 is 5.91 Å². The number of carbonyl (C=O) groups excluding carboxylic acids is 1. The van der Waals surface area contributed by atoms with Crippen LogP contribution in [0, 0.1) is 13.8 Å². The number of rotatable bonds is 6. The number of nitrogens with two attached hydrogens (primary N) is 1. The average molecular weight is 304 g/mol. The summed E-state index contributed by atoms with van der Waals surface area (Å²) in [6, 6.07) is 6.39. The molecular weight excluding hydrogens is 276 g/mol. The van der Waals surface area contributed by atoms with Crippen molar-refractivity contribution in [3.05, 3.63) is 29.3 Å². The van der Waals surface area contributed by atoms with E-state index in [4.69, 9.17) is 10.5 Å². The van der Waals surface area contributed by atoms with E-state index in [-0.39, 0.29) is 11.9 Å². The number of amides is 1. The number of benzene rings is 1. The Balaban J connectivity index is 1.64. The quantitative estimate of drug-likeness (QED) is 0.822. The van der Waals surface area contributed by atoms with Crippen LogP contribution in [0.5, 0.6) is 5.75 Å². The number of hydrogen-bond donors (Lipinski definition) is 1. The molecule has 1 fully saturated rings. The third-order valence-electron chi connectivity index (χ3n) is 4.20. The second kappa shape index (κ2) is 8.18. The summed E-state index contributed by atoms with van der Waals surface area (Å²) in [6.45, 7) is 6.37. The molecule has 1 unspecified atom stereocenters. The van der Waals surface area contributed by atoms with Crippen LogP contribution >= 0.6 is 0 Å². The molecule has 2 rings (SSSR count). The van der Waals surface area contributed by atoms with Crippen molar-refractivity contribution in [1.29, 1.82) is 0 Å². The lowest BCUT2D eigenvalue weighted by atomic mass is 10.1. The van der Waals surface area contributed by atoms with Gasteiger partial charge in [0.05, 0.1) is 6.61 Å². The van der Waals surface area contributed by atoms with Crippen LogP contribution in [-0.4, -0.2) is 36.5 Å². The van der Waals surface area contributed by atoms with E-state index in [1.54, 1.807) is 0 Å². The van der Waals surface area contributed by atoms with Gasteiger partial charge in [-0.25, -0.2) is 0 Å². The monoisotopic (exact) mass is 304 g/mol. The molecule has 2 N–H and O–H groups in total. The van der Waals surface area contributed by atoms with Crippen molar-refractivity contribution in [2.24, 2.45) is 5.73 Å². The molecule has 1 amide bonds. The first-order valence-electron chi connectivity index (χ1n) is 8.29. The van der Waals surface area contributed by atoms with Crippen molar-refractivity contribution in [3.63, 3.8) is 0 Å². The predicted molar refractivity (Wildman–Crippen MR) is 89.1 cm³/mol. The molecule has 4 nitrogen and oxygen atoms in total. The van der Waals surface area contributed by atoms with Gasteiger partial charge >= 0.3 is 0 Å². The van der Waals surface area contributed by atoms with Gasteiger partial charge < -0.3 is 15.4 Å². The van der Waals surface area contributed by atoms with Gasteiger partial charge in [-0.2, -0.15) is 0 Å². The molecular formula is C18H28N2O2. The Morgan fingerprint density at radius 2 is 2.18 bits per heavy atom. The molecule has 1 atom stereocenters. The maximum absolute atomic E-state index is 12.1. The van der Waals surface area contributed by atoms with Crippen LogP contribution in [0.2, 0.25) is 0 Å². The first-order valence-corrected chi connectivity index (χ1v) is 8.29. The Hall–Kier alpha value is -1.55. The van der Waals surface area contributed by atoms with E-state index in [0.717, 1.165) is 50.1 Å². The number of carbonyl (C=O) groups is 1. The summed E-state index contributed by atoms with van der Waals surface area (Å²) < 4.78 is 5.82. The molecule has 1 aliphatic heterocycles. The molecule has 22 heavy (non-hydrogen) atoms. The Morgan fingerprint density at radius 3 is 2.95 bits per heavy atom. The van der Waals surface area contributed by atoms with Gasteiger partial charge in [0.25, 0.3) is 0 Å². The second-order valence-electron chi connectivity index (χ2n) is 6.32. The maximum atomic E-state index is 12.1. The molecule has 0 aromatic heterocycles.